The lowest BCUT2D eigenvalue weighted by atomic mass is 10.1. The van der Waals surface area contributed by atoms with Crippen LogP contribution in [0.5, 0.6) is 0 Å². The van der Waals surface area contributed by atoms with E-state index in [4.69, 9.17) is 11.6 Å². The highest BCUT2D eigenvalue weighted by Gasteiger charge is 2.08. The van der Waals surface area contributed by atoms with Gasteiger partial charge in [0.05, 0.1) is 0 Å². The van der Waals surface area contributed by atoms with Gasteiger partial charge >= 0.3 is 0 Å². The molecule has 0 unspecified atom stereocenters. The van der Waals surface area contributed by atoms with Gasteiger partial charge in [0.25, 0.3) is 5.24 Å². The Morgan fingerprint density at radius 3 is 2.58 bits per heavy atom. The number of halogens is 3. The van der Waals surface area contributed by atoms with Crippen LogP contribution in [0.2, 0.25) is 0 Å². The molecule has 1 rings (SSSR count). The van der Waals surface area contributed by atoms with Gasteiger partial charge in [-0.3, -0.25) is 4.79 Å². The first kappa shape index (κ1) is 9.68. The van der Waals surface area contributed by atoms with Gasteiger partial charge in [-0.25, -0.2) is 4.39 Å². The second kappa shape index (κ2) is 3.54. The van der Waals surface area contributed by atoms with E-state index in [1.807, 2.05) is 0 Å². The Kier molecular flexibility index (Phi) is 2.85. The lowest BCUT2D eigenvalue weighted by Crippen LogP contribution is -1.93. The molecule has 0 heterocycles. The van der Waals surface area contributed by atoms with Crippen molar-refractivity contribution in [1.82, 2.24) is 0 Å². The highest BCUT2D eigenvalue weighted by molar-refractivity contribution is 9.10. The van der Waals surface area contributed by atoms with Crippen molar-refractivity contribution in [3.05, 3.63) is 33.5 Å². The zero-order valence-electron chi connectivity index (χ0n) is 6.20. The smallest absolute Gasteiger partial charge is 0.252 e. The van der Waals surface area contributed by atoms with Crippen LogP contribution in [0.1, 0.15) is 15.9 Å². The molecule has 0 spiro atoms. The molecule has 0 radical (unpaired) electrons. The third kappa shape index (κ3) is 1.84. The Bertz CT molecular complexity index is 315. The van der Waals surface area contributed by atoms with E-state index < -0.39 is 11.1 Å². The second-order valence-electron chi connectivity index (χ2n) is 2.34. The number of carbonyl (C=O) groups is 1. The van der Waals surface area contributed by atoms with Gasteiger partial charge in [-0.1, -0.05) is 15.9 Å². The zero-order valence-corrected chi connectivity index (χ0v) is 8.54. The standard InChI is InChI=1S/C8H5BrClFO/c1-4-6(9)2-5(8(10)12)3-7(4)11/h2-3H,1H3. The summed E-state index contributed by atoms with van der Waals surface area (Å²) in [5, 5.41) is -0.658. The molecule has 0 aliphatic rings. The first-order valence-corrected chi connectivity index (χ1v) is 4.35. The Morgan fingerprint density at radius 2 is 2.17 bits per heavy atom. The summed E-state index contributed by atoms with van der Waals surface area (Å²) in [6.45, 7) is 1.61. The fourth-order valence-corrected chi connectivity index (χ4v) is 1.30. The molecular formula is C8H5BrClFO. The van der Waals surface area contributed by atoms with Gasteiger partial charge in [0.1, 0.15) is 5.82 Å². The van der Waals surface area contributed by atoms with E-state index in [0.717, 1.165) is 6.07 Å². The molecule has 0 saturated heterocycles. The van der Waals surface area contributed by atoms with Gasteiger partial charge in [-0.05, 0) is 36.2 Å². The van der Waals surface area contributed by atoms with Gasteiger partial charge in [-0.15, -0.1) is 0 Å². The lowest BCUT2D eigenvalue weighted by Gasteiger charge is -2.01. The maximum absolute atomic E-state index is 13.0. The van der Waals surface area contributed by atoms with Crippen molar-refractivity contribution in [2.24, 2.45) is 0 Å². The topological polar surface area (TPSA) is 17.1 Å². The number of benzene rings is 1. The number of hydrogen-bond donors (Lipinski definition) is 0. The number of rotatable bonds is 1. The maximum atomic E-state index is 13.0. The van der Waals surface area contributed by atoms with Crippen LogP contribution in [0.15, 0.2) is 16.6 Å². The third-order valence-electron chi connectivity index (χ3n) is 1.51. The van der Waals surface area contributed by atoms with Gasteiger partial charge in [0, 0.05) is 10.0 Å². The monoisotopic (exact) mass is 250 g/mol. The number of carbonyl (C=O) groups excluding carboxylic acids is 1. The molecule has 1 aromatic carbocycles. The number of hydrogen-bond acceptors (Lipinski definition) is 1. The van der Waals surface area contributed by atoms with Gasteiger partial charge in [-0.2, -0.15) is 0 Å². The Balaban J connectivity index is 3.31. The van der Waals surface area contributed by atoms with Crippen LogP contribution >= 0.6 is 27.5 Å². The van der Waals surface area contributed by atoms with E-state index in [0.29, 0.717) is 10.0 Å². The van der Waals surface area contributed by atoms with E-state index in [-0.39, 0.29) is 5.56 Å². The first-order chi connectivity index (χ1) is 5.52. The molecule has 12 heavy (non-hydrogen) atoms. The molecule has 1 aromatic rings. The van der Waals surface area contributed by atoms with E-state index >= 15 is 0 Å². The summed E-state index contributed by atoms with van der Waals surface area (Å²) in [6.07, 6.45) is 0. The van der Waals surface area contributed by atoms with E-state index in [9.17, 15) is 9.18 Å². The van der Waals surface area contributed by atoms with Crippen LogP contribution in [0, 0.1) is 12.7 Å². The van der Waals surface area contributed by atoms with Crippen molar-refractivity contribution >= 4 is 32.8 Å². The predicted molar refractivity (Wildman–Crippen MR) is 49.0 cm³/mol. The summed E-state index contributed by atoms with van der Waals surface area (Å²) in [7, 11) is 0. The molecule has 0 aliphatic carbocycles. The molecule has 0 aliphatic heterocycles. The van der Waals surface area contributed by atoms with Crippen molar-refractivity contribution in [2.45, 2.75) is 6.92 Å². The average Bonchev–Trinajstić information content (AvgIpc) is 1.99. The van der Waals surface area contributed by atoms with E-state index in [1.165, 1.54) is 6.07 Å². The van der Waals surface area contributed by atoms with Crippen LogP contribution in [-0.4, -0.2) is 5.24 Å². The fraction of sp³-hybridized carbons (Fsp3) is 0.125. The van der Waals surface area contributed by atoms with Gasteiger partial charge in [0.2, 0.25) is 0 Å². The lowest BCUT2D eigenvalue weighted by molar-refractivity contribution is 0.108. The minimum atomic E-state index is -0.658. The molecular weight excluding hydrogens is 246 g/mol. The molecule has 0 aromatic heterocycles. The van der Waals surface area contributed by atoms with Crippen LogP contribution in [0.25, 0.3) is 0 Å². The quantitative estimate of drug-likeness (QED) is 0.700. The molecule has 64 valence electrons. The molecule has 0 bridgehead atoms. The summed E-state index contributed by atoms with van der Waals surface area (Å²) in [6, 6.07) is 2.61. The summed E-state index contributed by atoms with van der Waals surface area (Å²) >= 11 is 8.29. The van der Waals surface area contributed by atoms with Crippen molar-refractivity contribution in [3.8, 4) is 0 Å². The molecule has 0 fully saturated rings. The molecule has 1 nitrogen and oxygen atoms in total. The van der Waals surface area contributed by atoms with Crippen molar-refractivity contribution in [2.75, 3.05) is 0 Å². The minimum absolute atomic E-state index is 0.159. The highest BCUT2D eigenvalue weighted by atomic mass is 79.9. The molecule has 0 atom stereocenters. The molecule has 0 amide bonds. The maximum Gasteiger partial charge on any atom is 0.252 e. The van der Waals surface area contributed by atoms with Crippen molar-refractivity contribution in [3.63, 3.8) is 0 Å². The van der Waals surface area contributed by atoms with Crippen LogP contribution in [0.4, 0.5) is 4.39 Å². The normalized spacial score (nSPS) is 10.0. The molecule has 0 N–H and O–H groups in total. The summed E-state index contributed by atoms with van der Waals surface area (Å²) < 4.78 is 13.5. The van der Waals surface area contributed by atoms with Crippen LogP contribution in [0.3, 0.4) is 0 Å². The summed E-state index contributed by atoms with van der Waals surface area (Å²) in [5.74, 6) is -0.437. The van der Waals surface area contributed by atoms with Crippen molar-refractivity contribution < 1.29 is 9.18 Å². The Hall–Kier alpha value is -0.410. The Labute approximate surface area is 82.7 Å². The van der Waals surface area contributed by atoms with E-state index in [1.54, 1.807) is 6.92 Å². The fourth-order valence-electron chi connectivity index (χ4n) is 0.759. The SMILES string of the molecule is Cc1c(F)cc(C(=O)Cl)cc1Br. The van der Waals surface area contributed by atoms with Crippen molar-refractivity contribution in [1.29, 1.82) is 0 Å². The second-order valence-corrected chi connectivity index (χ2v) is 3.54. The average molecular weight is 251 g/mol. The first-order valence-electron chi connectivity index (χ1n) is 3.18. The summed E-state index contributed by atoms with van der Waals surface area (Å²) in [4.78, 5) is 10.6. The van der Waals surface area contributed by atoms with Gasteiger partial charge < -0.3 is 0 Å². The molecule has 0 saturated carbocycles. The zero-order chi connectivity index (χ0) is 9.30. The van der Waals surface area contributed by atoms with Crippen LogP contribution < -0.4 is 0 Å². The third-order valence-corrected chi connectivity index (χ3v) is 2.55. The van der Waals surface area contributed by atoms with Crippen LogP contribution in [-0.2, 0) is 0 Å². The van der Waals surface area contributed by atoms with Gasteiger partial charge in [0.15, 0.2) is 0 Å². The van der Waals surface area contributed by atoms with E-state index in [2.05, 4.69) is 15.9 Å². The largest absolute Gasteiger partial charge is 0.276 e. The highest BCUT2D eigenvalue weighted by Crippen LogP contribution is 2.21. The summed E-state index contributed by atoms with van der Waals surface area (Å²) in [5.41, 5.74) is 0.628. The minimum Gasteiger partial charge on any atom is -0.276 e. The predicted octanol–water partition coefficient (Wildman–Crippen LogP) is 3.28. The Morgan fingerprint density at radius 1 is 1.58 bits per heavy atom. The molecule has 4 heteroatoms.